The molecule has 0 spiro atoms. The highest BCUT2D eigenvalue weighted by Gasteiger charge is 2.03. The first-order chi connectivity index (χ1) is 7.45. The van der Waals surface area contributed by atoms with Crippen LogP contribution in [0.4, 0.5) is 0 Å². The van der Waals surface area contributed by atoms with E-state index in [0.717, 1.165) is 16.9 Å². The van der Waals surface area contributed by atoms with Crippen LogP contribution in [0.2, 0.25) is 0 Å². The van der Waals surface area contributed by atoms with Crippen LogP contribution in [-0.2, 0) is 0 Å². The van der Waals surface area contributed by atoms with Gasteiger partial charge in [-0.1, -0.05) is 6.07 Å². The number of pyridine rings is 2. The predicted octanol–water partition coefficient (Wildman–Crippen LogP) is 2.40. The number of fused-ring (bicyclic) bond motifs is 1. The Hall–Kier alpha value is -2.16. The van der Waals surface area contributed by atoms with Crippen molar-refractivity contribution in [1.82, 2.24) is 14.4 Å². The van der Waals surface area contributed by atoms with Gasteiger partial charge in [-0.15, -0.1) is 0 Å². The van der Waals surface area contributed by atoms with Gasteiger partial charge >= 0.3 is 0 Å². The molecule has 0 aliphatic rings. The summed E-state index contributed by atoms with van der Waals surface area (Å²) in [5, 5.41) is 0. The molecule has 0 unspecified atom stereocenters. The van der Waals surface area contributed by atoms with Crippen LogP contribution in [0.15, 0.2) is 55.1 Å². The van der Waals surface area contributed by atoms with E-state index < -0.39 is 0 Å². The van der Waals surface area contributed by atoms with Gasteiger partial charge in [0.05, 0.1) is 11.9 Å². The number of rotatable bonds is 1. The number of imidazole rings is 1. The molecule has 3 aromatic rings. The Kier molecular flexibility index (Phi) is 1.75. The first-order valence-electron chi connectivity index (χ1n) is 4.77. The fourth-order valence-electron chi connectivity index (χ4n) is 1.66. The summed E-state index contributed by atoms with van der Waals surface area (Å²) in [6, 6.07) is 9.92. The summed E-state index contributed by atoms with van der Waals surface area (Å²) < 4.78 is 2.05. The Morgan fingerprint density at radius 3 is 2.87 bits per heavy atom. The summed E-state index contributed by atoms with van der Waals surface area (Å²) in [6.07, 6.45) is 7.49. The zero-order chi connectivity index (χ0) is 10.1. The number of nitrogens with zero attached hydrogens (tertiary/aromatic N) is 3. The van der Waals surface area contributed by atoms with Crippen LogP contribution >= 0.6 is 0 Å². The quantitative estimate of drug-likeness (QED) is 0.596. The van der Waals surface area contributed by atoms with Crippen LogP contribution in [0.3, 0.4) is 0 Å². The number of hydrogen-bond acceptors (Lipinski definition) is 2. The van der Waals surface area contributed by atoms with Crippen LogP contribution in [0.5, 0.6) is 0 Å². The topological polar surface area (TPSA) is 30.2 Å². The first-order valence-corrected chi connectivity index (χ1v) is 4.77. The molecule has 0 aromatic carbocycles. The van der Waals surface area contributed by atoms with E-state index in [2.05, 4.69) is 14.4 Å². The highest BCUT2D eigenvalue weighted by Crippen LogP contribution is 2.18. The standard InChI is InChI=1S/C12H9N3/c1-2-7-15-11(9-14-12(15)5-1)10-4-3-6-13-8-10/h1-9H. The molecule has 3 heterocycles. The Balaban J connectivity index is 2.28. The third-order valence-corrected chi connectivity index (χ3v) is 2.37. The Bertz CT molecular complexity index is 584. The van der Waals surface area contributed by atoms with Crippen LogP contribution in [0, 0.1) is 0 Å². The summed E-state index contributed by atoms with van der Waals surface area (Å²) >= 11 is 0. The minimum absolute atomic E-state index is 0.955. The molecule has 3 heteroatoms. The molecular formula is C12H9N3. The van der Waals surface area contributed by atoms with Crippen molar-refractivity contribution in [2.75, 3.05) is 0 Å². The molecule has 3 aromatic heterocycles. The van der Waals surface area contributed by atoms with Crippen LogP contribution < -0.4 is 0 Å². The van der Waals surface area contributed by atoms with Gasteiger partial charge in [0, 0.05) is 24.2 Å². The molecule has 3 nitrogen and oxygen atoms in total. The Morgan fingerprint density at radius 1 is 1.00 bits per heavy atom. The summed E-state index contributed by atoms with van der Waals surface area (Å²) in [7, 11) is 0. The van der Waals surface area contributed by atoms with E-state index in [-0.39, 0.29) is 0 Å². The highest BCUT2D eigenvalue weighted by atomic mass is 15.0. The van der Waals surface area contributed by atoms with Crippen LogP contribution in [-0.4, -0.2) is 14.4 Å². The summed E-state index contributed by atoms with van der Waals surface area (Å²) in [5.41, 5.74) is 3.10. The molecule has 0 saturated heterocycles. The molecule has 0 atom stereocenters. The van der Waals surface area contributed by atoms with Crippen molar-refractivity contribution in [2.45, 2.75) is 0 Å². The minimum atomic E-state index is 0.955. The van der Waals surface area contributed by atoms with Gasteiger partial charge in [-0.25, -0.2) is 4.98 Å². The van der Waals surface area contributed by atoms with Crippen LogP contribution in [0.1, 0.15) is 0 Å². The van der Waals surface area contributed by atoms with Crippen molar-refractivity contribution in [3.05, 3.63) is 55.1 Å². The highest BCUT2D eigenvalue weighted by molar-refractivity contribution is 5.62. The second-order valence-corrected chi connectivity index (χ2v) is 3.31. The fraction of sp³-hybridized carbons (Fsp3) is 0. The van der Waals surface area contributed by atoms with E-state index in [4.69, 9.17) is 0 Å². The molecule has 0 N–H and O–H groups in total. The van der Waals surface area contributed by atoms with Crippen molar-refractivity contribution in [2.24, 2.45) is 0 Å². The normalized spacial score (nSPS) is 10.7. The van der Waals surface area contributed by atoms with Gasteiger partial charge in [0.15, 0.2) is 0 Å². The van der Waals surface area contributed by atoms with Crippen molar-refractivity contribution in [3.63, 3.8) is 0 Å². The second-order valence-electron chi connectivity index (χ2n) is 3.31. The Labute approximate surface area is 87.0 Å². The van der Waals surface area contributed by atoms with E-state index in [1.54, 1.807) is 6.20 Å². The van der Waals surface area contributed by atoms with Gasteiger partial charge in [-0.2, -0.15) is 0 Å². The van der Waals surface area contributed by atoms with Gasteiger partial charge < -0.3 is 0 Å². The number of hydrogen-bond donors (Lipinski definition) is 0. The van der Waals surface area contributed by atoms with Gasteiger partial charge in [-0.05, 0) is 24.3 Å². The van der Waals surface area contributed by atoms with Crippen molar-refractivity contribution in [3.8, 4) is 11.3 Å². The molecular weight excluding hydrogens is 186 g/mol. The molecule has 0 aliphatic carbocycles. The van der Waals surface area contributed by atoms with E-state index in [0.29, 0.717) is 0 Å². The average Bonchev–Trinajstić information content (AvgIpc) is 2.74. The maximum absolute atomic E-state index is 4.33. The smallest absolute Gasteiger partial charge is 0.137 e. The van der Waals surface area contributed by atoms with E-state index in [1.807, 2.05) is 48.9 Å². The lowest BCUT2D eigenvalue weighted by Gasteiger charge is -1.99. The van der Waals surface area contributed by atoms with Gasteiger partial charge in [0.1, 0.15) is 5.65 Å². The molecule has 0 radical (unpaired) electrons. The Morgan fingerprint density at radius 2 is 2.00 bits per heavy atom. The van der Waals surface area contributed by atoms with Crippen LogP contribution in [0.25, 0.3) is 16.9 Å². The number of aromatic nitrogens is 3. The predicted molar refractivity (Wildman–Crippen MR) is 58.4 cm³/mol. The van der Waals surface area contributed by atoms with Gasteiger partial charge in [0.25, 0.3) is 0 Å². The molecule has 0 amide bonds. The lowest BCUT2D eigenvalue weighted by atomic mass is 10.2. The lowest BCUT2D eigenvalue weighted by molar-refractivity contribution is 1.18. The zero-order valence-electron chi connectivity index (χ0n) is 8.04. The zero-order valence-corrected chi connectivity index (χ0v) is 8.04. The summed E-state index contributed by atoms with van der Waals surface area (Å²) in [5.74, 6) is 0. The molecule has 0 fully saturated rings. The second kappa shape index (κ2) is 3.20. The third-order valence-electron chi connectivity index (χ3n) is 2.37. The first kappa shape index (κ1) is 8.17. The monoisotopic (exact) mass is 195 g/mol. The molecule has 0 bridgehead atoms. The lowest BCUT2D eigenvalue weighted by Crippen LogP contribution is -1.86. The van der Waals surface area contributed by atoms with E-state index in [9.17, 15) is 0 Å². The van der Waals surface area contributed by atoms with Gasteiger partial charge in [-0.3, -0.25) is 9.38 Å². The average molecular weight is 195 g/mol. The van der Waals surface area contributed by atoms with Gasteiger partial charge in [0.2, 0.25) is 0 Å². The summed E-state index contributed by atoms with van der Waals surface area (Å²) in [6.45, 7) is 0. The molecule has 0 saturated carbocycles. The molecule has 72 valence electrons. The minimum Gasteiger partial charge on any atom is -0.300 e. The van der Waals surface area contributed by atoms with Crippen molar-refractivity contribution < 1.29 is 0 Å². The van der Waals surface area contributed by atoms with Crippen molar-refractivity contribution in [1.29, 1.82) is 0 Å². The summed E-state index contributed by atoms with van der Waals surface area (Å²) in [4.78, 5) is 8.44. The maximum Gasteiger partial charge on any atom is 0.137 e. The molecule has 3 rings (SSSR count). The molecule has 15 heavy (non-hydrogen) atoms. The van der Waals surface area contributed by atoms with E-state index in [1.165, 1.54) is 0 Å². The fourth-order valence-corrected chi connectivity index (χ4v) is 1.66. The largest absolute Gasteiger partial charge is 0.300 e. The van der Waals surface area contributed by atoms with Crippen molar-refractivity contribution >= 4 is 5.65 Å². The molecule has 0 aliphatic heterocycles. The third kappa shape index (κ3) is 1.29. The maximum atomic E-state index is 4.33. The SMILES string of the molecule is c1cncc(-c2cnc3ccccn23)c1. The van der Waals surface area contributed by atoms with E-state index >= 15 is 0 Å².